The van der Waals surface area contributed by atoms with Crippen LogP contribution in [-0.2, 0) is 5.60 Å². The van der Waals surface area contributed by atoms with E-state index in [1.54, 1.807) is 25.1 Å². The number of halogens is 2. The second-order valence-electron chi connectivity index (χ2n) is 4.95. The molecule has 110 valence electrons. The highest BCUT2D eigenvalue weighted by molar-refractivity contribution is 9.10. The Balaban J connectivity index is 2.09. The standard InChI is InChI=1S/C16H15BrClNO2/c1-16(21,11-5-3-2-4-6-11)10-19-15(20)13-9-12(17)7-8-14(13)18/h2-9,21H,10H2,1H3,(H,19,20). The predicted molar refractivity (Wildman–Crippen MR) is 87.5 cm³/mol. The number of aliphatic hydroxyl groups is 1. The minimum absolute atomic E-state index is 0.0959. The van der Waals surface area contributed by atoms with Crippen LogP contribution < -0.4 is 5.32 Å². The zero-order chi connectivity index (χ0) is 15.5. The Hall–Kier alpha value is -1.36. The van der Waals surface area contributed by atoms with E-state index in [2.05, 4.69) is 21.2 Å². The lowest BCUT2D eigenvalue weighted by molar-refractivity contribution is 0.0526. The number of carbonyl (C=O) groups excluding carboxylic acids is 1. The monoisotopic (exact) mass is 367 g/mol. The lowest BCUT2D eigenvalue weighted by Crippen LogP contribution is -2.38. The first-order valence-electron chi connectivity index (χ1n) is 6.41. The molecule has 0 radical (unpaired) electrons. The zero-order valence-electron chi connectivity index (χ0n) is 11.4. The van der Waals surface area contributed by atoms with Gasteiger partial charge in [-0.1, -0.05) is 57.9 Å². The molecule has 21 heavy (non-hydrogen) atoms. The summed E-state index contributed by atoms with van der Waals surface area (Å²) in [5.41, 5.74) is -0.0318. The van der Waals surface area contributed by atoms with Crippen molar-refractivity contribution in [2.24, 2.45) is 0 Å². The van der Waals surface area contributed by atoms with Gasteiger partial charge in [-0.3, -0.25) is 4.79 Å². The number of hydrogen-bond donors (Lipinski definition) is 2. The Morgan fingerprint density at radius 3 is 2.62 bits per heavy atom. The van der Waals surface area contributed by atoms with Crippen molar-refractivity contribution in [3.05, 3.63) is 69.2 Å². The largest absolute Gasteiger partial charge is 0.384 e. The summed E-state index contributed by atoms with van der Waals surface area (Å²) in [6.07, 6.45) is 0. The van der Waals surface area contributed by atoms with Crippen LogP contribution in [-0.4, -0.2) is 17.6 Å². The summed E-state index contributed by atoms with van der Waals surface area (Å²) in [6.45, 7) is 1.75. The number of benzene rings is 2. The molecule has 0 aromatic heterocycles. The average Bonchev–Trinajstić information content (AvgIpc) is 2.48. The van der Waals surface area contributed by atoms with E-state index in [4.69, 9.17) is 11.6 Å². The van der Waals surface area contributed by atoms with Crippen molar-refractivity contribution in [1.82, 2.24) is 5.32 Å². The van der Waals surface area contributed by atoms with E-state index in [0.717, 1.165) is 10.0 Å². The molecule has 2 aromatic rings. The van der Waals surface area contributed by atoms with Gasteiger partial charge in [0.15, 0.2) is 0 Å². The first-order valence-corrected chi connectivity index (χ1v) is 7.58. The Labute approximate surface area is 137 Å². The third-order valence-corrected chi connectivity index (χ3v) is 3.98. The van der Waals surface area contributed by atoms with Crippen molar-refractivity contribution >= 4 is 33.4 Å². The maximum absolute atomic E-state index is 12.2. The van der Waals surface area contributed by atoms with E-state index in [1.807, 2.05) is 30.3 Å². The fraction of sp³-hybridized carbons (Fsp3) is 0.188. The fourth-order valence-electron chi connectivity index (χ4n) is 1.92. The van der Waals surface area contributed by atoms with Crippen LogP contribution in [0.3, 0.4) is 0 Å². The molecule has 0 spiro atoms. The van der Waals surface area contributed by atoms with Crippen LogP contribution in [0, 0.1) is 0 Å². The van der Waals surface area contributed by atoms with Gasteiger partial charge in [0.25, 0.3) is 5.91 Å². The smallest absolute Gasteiger partial charge is 0.252 e. The van der Waals surface area contributed by atoms with Gasteiger partial charge in [-0.15, -0.1) is 0 Å². The molecule has 0 bridgehead atoms. The minimum Gasteiger partial charge on any atom is -0.384 e. The maximum Gasteiger partial charge on any atom is 0.252 e. The molecule has 2 rings (SSSR count). The van der Waals surface area contributed by atoms with Crippen LogP contribution in [0.15, 0.2) is 53.0 Å². The Kier molecular flexibility index (Phi) is 5.04. The molecule has 0 aliphatic carbocycles. The van der Waals surface area contributed by atoms with E-state index >= 15 is 0 Å². The topological polar surface area (TPSA) is 49.3 Å². The lowest BCUT2D eigenvalue weighted by Gasteiger charge is -2.24. The molecule has 3 nitrogen and oxygen atoms in total. The molecular formula is C16H15BrClNO2. The van der Waals surface area contributed by atoms with Crippen LogP contribution >= 0.6 is 27.5 Å². The summed E-state index contributed by atoms with van der Waals surface area (Å²) in [7, 11) is 0. The molecule has 0 aliphatic heterocycles. The van der Waals surface area contributed by atoms with Crippen LogP contribution in [0.4, 0.5) is 0 Å². The molecule has 1 unspecified atom stereocenters. The summed E-state index contributed by atoms with van der Waals surface area (Å²) in [5.74, 6) is -0.322. The molecule has 1 atom stereocenters. The Bertz CT molecular complexity index is 644. The van der Waals surface area contributed by atoms with E-state index in [0.29, 0.717) is 10.6 Å². The molecule has 0 fully saturated rings. The number of hydrogen-bond acceptors (Lipinski definition) is 2. The van der Waals surface area contributed by atoms with Gasteiger partial charge in [0.05, 0.1) is 17.1 Å². The first-order chi connectivity index (χ1) is 9.90. The van der Waals surface area contributed by atoms with Gasteiger partial charge in [-0.05, 0) is 30.7 Å². The van der Waals surface area contributed by atoms with Crippen LogP contribution in [0.25, 0.3) is 0 Å². The highest BCUT2D eigenvalue weighted by Crippen LogP contribution is 2.22. The van der Waals surface area contributed by atoms with Gasteiger partial charge < -0.3 is 10.4 Å². The fourth-order valence-corrected chi connectivity index (χ4v) is 2.48. The number of rotatable bonds is 4. The summed E-state index contributed by atoms with van der Waals surface area (Å²) >= 11 is 9.32. The average molecular weight is 369 g/mol. The molecular weight excluding hydrogens is 354 g/mol. The third-order valence-electron chi connectivity index (χ3n) is 3.16. The molecule has 0 saturated carbocycles. The second kappa shape index (κ2) is 6.60. The molecule has 0 heterocycles. The van der Waals surface area contributed by atoms with Gasteiger partial charge in [0, 0.05) is 4.47 Å². The van der Waals surface area contributed by atoms with Crippen LogP contribution in [0.1, 0.15) is 22.8 Å². The lowest BCUT2D eigenvalue weighted by atomic mass is 9.96. The van der Waals surface area contributed by atoms with E-state index in [9.17, 15) is 9.90 Å². The normalized spacial score (nSPS) is 13.5. The number of amides is 1. The maximum atomic E-state index is 12.2. The van der Waals surface area contributed by atoms with Gasteiger partial charge in [-0.25, -0.2) is 0 Å². The quantitative estimate of drug-likeness (QED) is 0.863. The summed E-state index contributed by atoms with van der Waals surface area (Å²) in [5, 5.41) is 13.5. The highest BCUT2D eigenvalue weighted by Gasteiger charge is 2.24. The van der Waals surface area contributed by atoms with Gasteiger partial charge in [0.2, 0.25) is 0 Å². The van der Waals surface area contributed by atoms with Crippen molar-refractivity contribution in [3.8, 4) is 0 Å². The van der Waals surface area contributed by atoms with Gasteiger partial charge in [-0.2, -0.15) is 0 Å². The molecule has 0 saturated heterocycles. The van der Waals surface area contributed by atoms with Crippen molar-refractivity contribution in [3.63, 3.8) is 0 Å². The second-order valence-corrected chi connectivity index (χ2v) is 6.27. The van der Waals surface area contributed by atoms with E-state index < -0.39 is 5.60 Å². The van der Waals surface area contributed by atoms with Crippen molar-refractivity contribution < 1.29 is 9.90 Å². The van der Waals surface area contributed by atoms with Crippen LogP contribution in [0.5, 0.6) is 0 Å². The summed E-state index contributed by atoms with van der Waals surface area (Å²) < 4.78 is 0.770. The zero-order valence-corrected chi connectivity index (χ0v) is 13.8. The van der Waals surface area contributed by atoms with E-state index in [1.165, 1.54) is 0 Å². The van der Waals surface area contributed by atoms with E-state index in [-0.39, 0.29) is 12.5 Å². The molecule has 2 N–H and O–H groups in total. The van der Waals surface area contributed by atoms with Crippen molar-refractivity contribution in [1.29, 1.82) is 0 Å². The Morgan fingerprint density at radius 2 is 1.95 bits per heavy atom. The summed E-state index contributed by atoms with van der Waals surface area (Å²) in [4.78, 5) is 12.2. The van der Waals surface area contributed by atoms with Crippen molar-refractivity contribution in [2.75, 3.05) is 6.54 Å². The highest BCUT2D eigenvalue weighted by atomic mass is 79.9. The predicted octanol–water partition coefficient (Wildman–Crippen LogP) is 3.74. The SMILES string of the molecule is CC(O)(CNC(=O)c1cc(Br)ccc1Cl)c1ccccc1. The first kappa shape index (κ1) is 16.0. The summed E-state index contributed by atoms with van der Waals surface area (Å²) in [6, 6.07) is 14.3. The van der Waals surface area contributed by atoms with Crippen molar-refractivity contribution in [2.45, 2.75) is 12.5 Å². The Morgan fingerprint density at radius 1 is 1.29 bits per heavy atom. The molecule has 5 heteroatoms. The third kappa shape index (κ3) is 4.06. The molecule has 0 aliphatic rings. The van der Waals surface area contributed by atoms with Crippen LogP contribution in [0.2, 0.25) is 5.02 Å². The number of nitrogens with one attached hydrogen (secondary N) is 1. The molecule has 2 aromatic carbocycles. The molecule has 1 amide bonds. The van der Waals surface area contributed by atoms with Gasteiger partial charge >= 0.3 is 0 Å². The minimum atomic E-state index is -1.14. The number of carbonyl (C=O) groups is 1. The van der Waals surface area contributed by atoms with Gasteiger partial charge in [0.1, 0.15) is 5.60 Å².